The minimum absolute atomic E-state index is 0.0163. The predicted octanol–water partition coefficient (Wildman–Crippen LogP) is 4.33. The molecule has 0 saturated carbocycles. The lowest BCUT2D eigenvalue weighted by atomic mass is 9.91. The largest absolute Gasteiger partial charge is 0.320 e. The van der Waals surface area contributed by atoms with Crippen LogP contribution in [0.25, 0.3) is 0 Å². The lowest BCUT2D eigenvalue weighted by Gasteiger charge is -2.24. The number of nitrogens with one attached hydrogen (secondary N) is 1. The van der Waals surface area contributed by atoms with Gasteiger partial charge in [0.05, 0.1) is 16.7 Å². The van der Waals surface area contributed by atoms with E-state index < -0.39 is 0 Å². The van der Waals surface area contributed by atoms with Gasteiger partial charge in [-0.05, 0) is 29.5 Å². The molecule has 1 amide bonds. The van der Waals surface area contributed by atoms with Gasteiger partial charge >= 0.3 is 0 Å². The van der Waals surface area contributed by atoms with Gasteiger partial charge in [-0.25, -0.2) is 0 Å². The van der Waals surface area contributed by atoms with Crippen LogP contribution in [0.1, 0.15) is 28.3 Å². The Kier molecular flexibility index (Phi) is 4.85. The van der Waals surface area contributed by atoms with Crippen LogP contribution < -0.4 is 5.32 Å². The first-order valence-corrected chi connectivity index (χ1v) is 9.20. The van der Waals surface area contributed by atoms with Crippen LogP contribution in [0.5, 0.6) is 0 Å². The molecule has 0 fully saturated rings. The summed E-state index contributed by atoms with van der Waals surface area (Å²) in [4.78, 5) is 13.2. The van der Waals surface area contributed by atoms with Gasteiger partial charge in [0.25, 0.3) is 0 Å². The molecule has 0 aliphatic carbocycles. The van der Waals surface area contributed by atoms with Crippen molar-refractivity contribution in [1.82, 2.24) is 5.32 Å². The summed E-state index contributed by atoms with van der Waals surface area (Å²) in [6.07, 6.45) is 0.347. The average molecular weight is 340 g/mol. The molecule has 0 bridgehead atoms. The van der Waals surface area contributed by atoms with Crippen molar-refractivity contribution >= 4 is 29.0 Å². The number of hydrogen-bond acceptors (Lipinski definition) is 4. The number of nitriles is 1. The highest BCUT2D eigenvalue weighted by molar-refractivity contribution is 8.02. The Labute approximate surface area is 144 Å². The fourth-order valence-corrected chi connectivity index (χ4v) is 4.70. The zero-order valence-electron chi connectivity index (χ0n) is 12.7. The van der Waals surface area contributed by atoms with Crippen LogP contribution in [0.2, 0.25) is 0 Å². The van der Waals surface area contributed by atoms with Crippen molar-refractivity contribution in [2.45, 2.75) is 25.0 Å². The molecular weight excluding hydrogens is 324 g/mol. The van der Waals surface area contributed by atoms with E-state index >= 15 is 0 Å². The Morgan fingerprint density at radius 1 is 1.35 bits per heavy atom. The minimum Gasteiger partial charge on any atom is -0.320 e. The fourth-order valence-electron chi connectivity index (χ4n) is 2.63. The molecule has 116 valence electrons. The van der Waals surface area contributed by atoms with Gasteiger partial charge in [-0.3, -0.25) is 4.79 Å². The first-order valence-electron chi connectivity index (χ1n) is 7.34. The van der Waals surface area contributed by atoms with Crippen molar-refractivity contribution in [1.29, 1.82) is 5.26 Å². The van der Waals surface area contributed by atoms with Crippen LogP contribution in [-0.4, -0.2) is 5.91 Å². The Morgan fingerprint density at radius 3 is 2.78 bits per heavy atom. The van der Waals surface area contributed by atoms with Gasteiger partial charge in [-0.15, -0.1) is 23.1 Å². The average Bonchev–Trinajstić information content (AvgIpc) is 2.99. The molecule has 2 aromatic rings. The Hall–Kier alpha value is -2.03. The number of nitrogens with zero attached hydrogens (tertiary/aromatic N) is 1. The third-order valence-corrected chi connectivity index (χ3v) is 6.02. The van der Waals surface area contributed by atoms with Gasteiger partial charge in [0.1, 0.15) is 0 Å². The van der Waals surface area contributed by atoms with Crippen molar-refractivity contribution in [3.8, 4) is 6.07 Å². The monoisotopic (exact) mass is 340 g/mol. The van der Waals surface area contributed by atoms with Crippen LogP contribution in [0.3, 0.4) is 0 Å². The fraction of sp³-hybridized carbons (Fsp3) is 0.222. The quantitative estimate of drug-likeness (QED) is 0.901. The number of benzene rings is 1. The molecule has 1 aliphatic rings. The van der Waals surface area contributed by atoms with Gasteiger partial charge in [0.15, 0.2) is 0 Å². The van der Waals surface area contributed by atoms with Gasteiger partial charge < -0.3 is 5.32 Å². The highest BCUT2D eigenvalue weighted by atomic mass is 32.2. The molecule has 2 heterocycles. The van der Waals surface area contributed by atoms with Crippen LogP contribution in [0.15, 0.2) is 52.4 Å². The van der Waals surface area contributed by atoms with E-state index in [-0.39, 0.29) is 11.8 Å². The lowest BCUT2D eigenvalue weighted by molar-refractivity contribution is -0.120. The standard InChI is InChI=1S/C18H16N2OS2/c1-12-7-8-22-17(12)14-9-16(21)20-18(15(14)10-19)23-11-13-5-3-2-4-6-13/h2-8,14H,9,11H2,1H3,(H,20,21). The molecular formula is C18H16N2OS2. The first-order chi connectivity index (χ1) is 11.2. The summed E-state index contributed by atoms with van der Waals surface area (Å²) in [5.41, 5.74) is 3.00. The van der Waals surface area contributed by atoms with Crippen LogP contribution in [0, 0.1) is 18.3 Å². The molecule has 1 unspecified atom stereocenters. The maximum Gasteiger partial charge on any atom is 0.225 e. The van der Waals surface area contributed by atoms with Crippen molar-refractivity contribution in [3.05, 3.63) is 68.4 Å². The van der Waals surface area contributed by atoms with E-state index in [2.05, 4.69) is 11.4 Å². The minimum atomic E-state index is -0.118. The smallest absolute Gasteiger partial charge is 0.225 e. The zero-order valence-corrected chi connectivity index (χ0v) is 14.3. The number of allylic oxidation sites excluding steroid dienone is 1. The molecule has 1 N–H and O–H groups in total. The number of thioether (sulfide) groups is 1. The topological polar surface area (TPSA) is 52.9 Å². The third kappa shape index (κ3) is 3.49. The zero-order chi connectivity index (χ0) is 16.2. The van der Waals surface area contributed by atoms with E-state index in [1.165, 1.54) is 17.3 Å². The summed E-state index contributed by atoms with van der Waals surface area (Å²) in [7, 11) is 0. The molecule has 0 radical (unpaired) electrons. The third-order valence-electron chi connectivity index (χ3n) is 3.80. The van der Waals surface area contributed by atoms with Crippen molar-refractivity contribution in [3.63, 3.8) is 0 Å². The molecule has 1 aliphatic heterocycles. The summed E-state index contributed by atoms with van der Waals surface area (Å²) < 4.78 is 0. The summed E-state index contributed by atoms with van der Waals surface area (Å²) >= 11 is 3.14. The van der Waals surface area contributed by atoms with Crippen LogP contribution in [0.4, 0.5) is 0 Å². The lowest BCUT2D eigenvalue weighted by Crippen LogP contribution is -2.30. The molecule has 0 spiro atoms. The molecule has 1 aromatic carbocycles. The predicted molar refractivity (Wildman–Crippen MR) is 94.9 cm³/mol. The number of amides is 1. The number of aryl methyl sites for hydroxylation is 1. The SMILES string of the molecule is Cc1ccsc1C1CC(=O)NC(SCc2ccccc2)=C1C#N. The summed E-state index contributed by atoms with van der Waals surface area (Å²) in [5, 5.41) is 15.2. The van der Waals surface area contributed by atoms with E-state index in [1.54, 1.807) is 11.3 Å². The summed E-state index contributed by atoms with van der Waals surface area (Å²) in [6.45, 7) is 2.03. The maximum atomic E-state index is 12.1. The van der Waals surface area contributed by atoms with Crippen molar-refractivity contribution < 1.29 is 4.79 Å². The summed E-state index contributed by atoms with van der Waals surface area (Å²) in [6, 6.07) is 14.4. The summed E-state index contributed by atoms with van der Waals surface area (Å²) in [5.74, 6) is 0.599. The van der Waals surface area contributed by atoms with Gasteiger partial charge in [-0.2, -0.15) is 5.26 Å². The van der Waals surface area contributed by atoms with E-state index in [4.69, 9.17) is 0 Å². The number of thiophene rings is 1. The molecule has 0 saturated heterocycles. The van der Waals surface area contributed by atoms with Crippen molar-refractivity contribution in [2.75, 3.05) is 0 Å². The Balaban J connectivity index is 1.89. The Bertz CT molecular complexity index is 787. The molecule has 3 nitrogen and oxygen atoms in total. The second-order valence-corrected chi connectivity index (χ2v) is 7.33. The van der Waals surface area contributed by atoms with Gasteiger partial charge in [-0.1, -0.05) is 30.3 Å². The van der Waals surface area contributed by atoms with E-state index in [0.717, 1.165) is 16.2 Å². The van der Waals surface area contributed by atoms with E-state index in [1.807, 2.05) is 48.7 Å². The molecule has 1 aromatic heterocycles. The normalized spacial score (nSPS) is 17.7. The number of rotatable bonds is 4. The van der Waals surface area contributed by atoms with E-state index in [9.17, 15) is 10.1 Å². The molecule has 1 atom stereocenters. The molecule has 5 heteroatoms. The van der Waals surface area contributed by atoms with Crippen LogP contribution >= 0.6 is 23.1 Å². The molecule has 3 rings (SSSR count). The number of hydrogen-bond donors (Lipinski definition) is 1. The number of carbonyl (C=O) groups excluding carboxylic acids is 1. The van der Waals surface area contributed by atoms with Gasteiger partial charge in [0, 0.05) is 23.0 Å². The first kappa shape index (κ1) is 15.9. The maximum absolute atomic E-state index is 12.1. The molecule has 23 heavy (non-hydrogen) atoms. The highest BCUT2D eigenvalue weighted by Crippen LogP contribution is 2.40. The second kappa shape index (κ2) is 7.03. The Morgan fingerprint density at radius 2 is 2.13 bits per heavy atom. The van der Waals surface area contributed by atoms with Crippen molar-refractivity contribution in [2.24, 2.45) is 0 Å². The second-order valence-electron chi connectivity index (χ2n) is 5.40. The number of carbonyl (C=O) groups is 1. The highest BCUT2D eigenvalue weighted by Gasteiger charge is 2.31. The van der Waals surface area contributed by atoms with E-state index in [0.29, 0.717) is 17.0 Å². The van der Waals surface area contributed by atoms with Gasteiger partial charge in [0.2, 0.25) is 5.91 Å². The van der Waals surface area contributed by atoms with Crippen LogP contribution in [-0.2, 0) is 10.5 Å².